The Morgan fingerprint density at radius 3 is 2.88 bits per heavy atom. The van der Waals surface area contributed by atoms with E-state index >= 15 is 0 Å². The molecule has 1 aromatic rings. The van der Waals surface area contributed by atoms with Crippen molar-refractivity contribution in [2.24, 2.45) is 11.3 Å². The molecule has 0 bridgehead atoms. The topological polar surface area (TPSA) is 30.2 Å². The average Bonchev–Trinajstić information content (AvgIpc) is 2.80. The molecule has 0 amide bonds. The number of carbonyl (C=O) groups is 1. The molecule has 1 saturated carbocycles. The molecule has 2 rings (SSSR count). The zero-order chi connectivity index (χ0) is 11.8. The highest BCUT2D eigenvalue weighted by Crippen LogP contribution is 2.42. The fourth-order valence-corrected chi connectivity index (χ4v) is 2.23. The van der Waals surface area contributed by atoms with Crippen LogP contribution in [0.4, 0.5) is 0 Å². The Hall–Kier alpha value is -1.57. The van der Waals surface area contributed by atoms with Crippen molar-refractivity contribution < 1.29 is 9.21 Å². The van der Waals surface area contributed by atoms with Crippen molar-refractivity contribution >= 4 is 11.9 Å². The van der Waals surface area contributed by atoms with Gasteiger partial charge in [0.15, 0.2) is 5.78 Å². The Morgan fingerprint density at radius 1 is 1.56 bits per heavy atom. The number of hydrogen-bond acceptors (Lipinski definition) is 2. The second-order valence-corrected chi connectivity index (χ2v) is 4.92. The highest BCUT2D eigenvalue weighted by molar-refractivity contribution is 6.06. The number of Topliss-reactive ketones (excluding diaryl/α,β-unsaturated/α-hetero) is 1. The number of ketones is 1. The van der Waals surface area contributed by atoms with Gasteiger partial charge < -0.3 is 4.42 Å². The van der Waals surface area contributed by atoms with Gasteiger partial charge in [-0.25, -0.2) is 0 Å². The van der Waals surface area contributed by atoms with Gasteiger partial charge in [0.25, 0.3) is 0 Å². The minimum atomic E-state index is -0.269. The molecule has 0 radical (unpaired) electrons. The van der Waals surface area contributed by atoms with Crippen molar-refractivity contribution in [2.45, 2.75) is 20.3 Å². The van der Waals surface area contributed by atoms with Crippen LogP contribution in [0.5, 0.6) is 0 Å². The number of furan rings is 1. The first-order valence-corrected chi connectivity index (χ1v) is 5.46. The molecule has 2 heteroatoms. The minimum absolute atomic E-state index is 0.164. The lowest BCUT2D eigenvalue weighted by Crippen LogP contribution is -2.17. The first-order valence-electron chi connectivity index (χ1n) is 5.46. The number of rotatable bonds is 2. The van der Waals surface area contributed by atoms with Crippen molar-refractivity contribution in [1.82, 2.24) is 0 Å². The Kier molecular flexibility index (Phi) is 2.58. The maximum atomic E-state index is 12.2. The molecule has 0 spiro atoms. The lowest BCUT2D eigenvalue weighted by molar-refractivity contribution is -0.121. The summed E-state index contributed by atoms with van der Waals surface area (Å²) in [6.07, 6.45) is 7.87. The second-order valence-electron chi connectivity index (χ2n) is 4.92. The average molecular weight is 216 g/mol. The molecule has 0 aliphatic heterocycles. The molecular weight excluding hydrogens is 200 g/mol. The Bertz CT molecular complexity index is 435. The molecule has 0 aromatic carbocycles. The molecule has 1 fully saturated rings. The third-order valence-corrected chi connectivity index (χ3v) is 3.16. The van der Waals surface area contributed by atoms with E-state index in [1.165, 1.54) is 0 Å². The fourth-order valence-electron chi connectivity index (χ4n) is 2.23. The lowest BCUT2D eigenvalue weighted by atomic mass is 9.89. The maximum absolute atomic E-state index is 12.2. The van der Waals surface area contributed by atoms with Gasteiger partial charge in [-0.3, -0.25) is 4.79 Å². The van der Waals surface area contributed by atoms with Crippen LogP contribution in [-0.2, 0) is 4.79 Å². The Balaban J connectivity index is 2.39. The summed E-state index contributed by atoms with van der Waals surface area (Å²) in [5, 5.41) is 0. The van der Waals surface area contributed by atoms with Gasteiger partial charge in [-0.05, 0) is 18.6 Å². The van der Waals surface area contributed by atoms with Gasteiger partial charge in [0, 0.05) is 22.5 Å². The van der Waals surface area contributed by atoms with Gasteiger partial charge >= 0.3 is 0 Å². The van der Waals surface area contributed by atoms with Gasteiger partial charge in [-0.1, -0.05) is 19.9 Å². The van der Waals surface area contributed by atoms with Gasteiger partial charge in [0.2, 0.25) is 0 Å². The molecule has 1 aromatic heterocycles. The van der Waals surface area contributed by atoms with Crippen LogP contribution >= 0.6 is 0 Å². The van der Waals surface area contributed by atoms with Crippen LogP contribution in [0.25, 0.3) is 6.08 Å². The van der Waals surface area contributed by atoms with Crippen molar-refractivity contribution in [1.29, 1.82) is 0 Å². The van der Waals surface area contributed by atoms with Crippen molar-refractivity contribution in [2.75, 3.05) is 0 Å². The van der Waals surface area contributed by atoms with E-state index in [9.17, 15) is 4.79 Å². The lowest BCUT2D eigenvalue weighted by Gasteiger charge is -2.12. The third-order valence-electron chi connectivity index (χ3n) is 3.16. The molecule has 1 heterocycles. The quantitative estimate of drug-likeness (QED) is 0.559. The zero-order valence-corrected chi connectivity index (χ0v) is 9.69. The second kappa shape index (κ2) is 3.78. The van der Waals surface area contributed by atoms with E-state index in [0.29, 0.717) is 0 Å². The van der Waals surface area contributed by atoms with E-state index in [4.69, 9.17) is 4.42 Å². The molecule has 0 saturated heterocycles. The van der Waals surface area contributed by atoms with Crippen molar-refractivity contribution in [3.8, 4) is 0 Å². The zero-order valence-electron chi connectivity index (χ0n) is 9.69. The van der Waals surface area contributed by atoms with Crippen molar-refractivity contribution in [3.63, 3.8) is 0 Å². The molecule has 0 N–H and O–H groups in total. The normalized spacial score (nSPS) is 26.2. The van der Waals surface area contributed by atoms with Crippen LogP contribution in [0.15, 0.2) is 41.2 Å². The van der Waals surface area contributed by atoms with Crippen LogP contribution in [0.3, 0.4) is 0 Å². The van der Waals surface area contributed by atoms with Gasteiger partial charge in [0.1, 0.15) is 0 Å². The maximum Gasteiger partial charge on any atom is 0.165 e. The van der Waals surface area contributed by atoms with E-state index in [2.05, 4.69) is 6.58 Å². The van der Waals surface area contributed by atoms with Crippen LogP contribution in [-0.4, -0.2) is 5.78 Å². The predicted octanol–water partition coefficient (Wildman–Crippen LogP) is 3.46. The summed E-state index contributed by atoms with van der Waals surface area (Å²) in [4.78, 5) is 12.2. The number of allylic oxidation sites excluding steroid dienone is 2. The minimum Gasteiger partial charge on any atom is -0.472 e. The summed E-state index contributed by atoms with van der Waals surface area (Å²) >= 11 is 0. The van der Waals surface area contributed by atoms with E-state index in [0.717, 1.165) is 17.6 Å². The van der Waals surface area contributed by atoms with Gasteiger partial charge in [-0.15, -0.1) is 6.58 Å². The van der Waals surface area contributed by atoms with E-state index in [-0.39, 0.29) is 17.1 Å². The first kappa shape index (κ1) is 10.9. The first-order chi connectivity index (χ1) is 7.54. The van der Waals surface area contributed by atoms with Crippen LogP contribution in [0, 0.1) is 11.3 Å². The Morgan fingerprint density at radius 2 is 2.31 bits per heavy atom. The fraction of sp³-hybridized carbons (Fsp3) is 0.357. The largest absolute Gasteiger partial charge is 0.472 e. The van der Waals surface area contributed by atoms with E-state index in [1.54, 1.807) is 12.5 Å². The molecule has 1 aliphatic carbocycles. The van der Waals surface area contributed by atoms with Gasteiger partial charge in [-0.2, -0.15) is 0 Å². The third kappa shape index (κ3) is 1.75. The highest BCUT2D eigenvalue weighted by Gasteiger charge is 2.41. The number of carbonyl (C=O) groups excluding carboxylic acids is 1. The molecule has 16 heavy (non-hydrogen) atoms. The summed E-state index contributed by atoms with van der Waals surface area (Å²) in [5.41, 5.74) is 1.52. The summed E-state index contributed by atoms with van der Waals surface area (Å²) in [5.74, 6) is 0.385. The monoisotopic (exact) mass is 216 g/mol. The summed E-state index contributed by atoms with van der Waals surface area (Å²) in [6.45, 7) is 7.78. The van der Waals surface area contributed by atoms with E-state index < -0.39 is 0 Å². The smallest absolute Gasteiger partial charge is 0.165 e. The molecule has 1 atom stereocenters. The molecule has 84 valence electrons. The summed E-state index contributed by atoms with van der Waals surface area (Å²) in [6, 6.07) is 1.85. The molecule has 2 nitrogen and oxygen atoms in total. The SMILES string of the molecule is C=C[C@@H]1CC(C)(C)C(=O)/C1=C/c1ccoc1. The highest BCUT2D eigenvalue weighted by atomic mass is 16.3. The van der Waals surface area contributed by atoms with Crippen LogP contribution < -0.4 is 0 Å². The van der Waals surface area contributed by atoms with E-state index in [1.807, 2.05) is 32.1 Å². The van der Waals surface area contributed by atoms with Crippen LogP contribution in [0.2, 0.25) is 0 Å². The van der Waals surface area contributed by atoms with Crippen molar-refractivity contribution in [3.05, 3.63) is 42.4 Å². The summed E-state index contributed by atoms with van der Waals surface area (Å²) < 4.78 is 5.00. The Labute approximate surface area is 95.7 Å². The molecular formula is C14H16O2. The standard InChI is InChI=1S/C14H16O2/c1-4-11-8-14(2,3)13(15)12(11)7-10-5-6-16-9-10/h4-7,9,11H,1,8H2,2-3H3/b12-7+/t11-/m1/s1. The van der Waals surface area contributed by atoms with Gasteiger partial charge in [0.05, 0.1) is 12.5 Å². The van der Waals surface area contributed by atoms with Crippen LogP contribution in [0.1, 0.15) is 25.8 Å². The summed E-state index contributed by atoms with van der Waals surface area (Å²) in [7, 11) is 0. The number of hydrogen-bond donors (Lipinski definition) is 0. The predicted molar refractivity (Wildman–Crippen MR) is 63.8 cm³/mol. The molecule has 0 unspecified atom stereocenters. The molecule has 1 aliphatic rings.